The van der Waals surface area contributed by atoms with Crippen molar-refractivity contribution >= 4 is 16.8 Å². The van der Waals surface area contributed by atoms with Crippen LogP contribution in [0.1, 0.15) is 33.3 Å². The minimum atomic E-state index is -0.608. The SMILES string of the molecule is CC(=O)/C(C)=C\OC(C)(C)C1Cc2cc3ccc(=O)oc3cc2O1. The van der Waals surface area contributed by atoms with Gasteiger partial charge in [0.1, 0.15) is 23.0 Å². The normalized spacial score (nSPS) is 17.5. The molecule has 0 bridgehead atoms. The van der Waals surface area contributed by atoms with E-state index in [2.05, 4.69) is 0 Å². The average Bonchev–Trinajstić information content (AvgIpc) is 2.94. The monoisotopic (exact) mass is 328 g/mol. The zero-order valence-corrected chi connectivity index (χ0v) is 14.2. The lowest BCUT2D eigenvalue weighted by molar-refractivity contribution is -0.113. The fourth-order valence-electron chi connectivity index (χ4n) is 2.59. The van der Waals surface area contributed by atoms with Crippen molar-refractivity contribution in [3.8, 4) is 5.75 Å². The van der Waals surface area contributed by atoms with Crippen molar-refractivity contribution in [3.63, 3.8) is 0 Å². The Morgan fingerprint density at radius 2 is 2.04 bits per heavy atom. The van der Waals surface area contributed by atoms with Crippen LogP contribution in [0.4, 0.5) is 0 Å². The molecule has 1 atom stereocenters. The minimum absolute atomic E-state index is 0.0253. The van der Waals surface area contributed by atoms with Crippen molar-refractivity contribution in [3.05, 3.63) is 52.1 Å². The Kier molecular flexibility index (Phi) is 3.95. The third-order valence-corrected chi connectivity index (χ3v) is 4.35. The third-order valence-electron chi connectivity index (χ3n) is 4.35. The molecule has 0 radical (unpaired) electrons. The van der Waals surface area contributed by atoms with Crippen molar-refractivity contribution in [1.29, 1.82) is 0 Å². The highest BCUT2D eigenvalue weighted by Gasteiger charge is 2.38. The number of benzene rings is 1. The van der Waals surface area contributed by atoms with Crippen LogP contribution in [-0.4, -0.2) is 17.5 Å². The van der Waals surface area contributed by atoms with Gasteiger partial charge in [-0.1, -0.05) is 0 Å². The first-order chi connectivity index (χ1) is 11.3. The topological polar surface area (TPSA) is 65.7 Å². The summed E-state index contributed by atoms with van der Waals surface area (Å²) in [4.78, 5) is 22.7. The number of allylic oxidation sites excluding steroid dienone is 1. The number of ether oxygens (including phenoxy) is 2. The zero-order valence-electron chi connectivity index (χ0n) is 14.2. The summed E-state index contributed by atoms with van der Waals surface area (Å²) >= 11 is 0. The number of carbonyl (C=O) groups is 1. The van der Waals surface area contributed by atoms with Crippen LogP contribution < -0.4 is 10.4 Å². The predicted molar refractivity (Wildman–Crippen MR) is 90.2 cm³/mol. The molecule has 1 aromatic heterocycles. The standard InChI is InChI=1S/C19H20O5/c1-11(12(2)20)10-22-19(3,4)17-8-14-7-13-5-6-18(21)24-15(13)9-16(14)23-17/h5-7,9-10,17H,8H2,1-4H3/b11-10-. The van der Waals surface area contributed by atoms with Crippen LogP contribution in [0.15, 0.2) is 45.3 Å². The van der Waals surface area contributed by atoms with Gasteiger partial charge in [-0.3, -0.25) is 4.79 Å². The highest BCUT2D eigenvalue weighted by Crippen LogP contribution is 2.37. The summed E-state index contributed by atoms with van der Waals surface area (Å²) in [5, 5.41) is 0.864. The van der Waals surface area contributed by atoms with E-state index >= 15 is 0 Å². The summed E-state index contributed by atoms with van der Waals surface area (Å²) in [6, 6.07) is 6.87. The summed E-state index contributed by atoms with van der Waals surface area (Å²) in [5.41, 5.74) is 1.12. The van der Waals surface area contributed by atoms with Gasteiger partial charge in [-0.15, -0.1) is 0 Å². The Labute approximate surface area is 139 Å². The summed E-state index contributed by atoms with van der Waals surface area (Å²) < 4.78 is 17.0. The van der Waals surface area contributed by atoms with Crippen LogP contribution in [0, 0.1) is 0 Å². The number of hydrogen-bond acceptors (Lipinski definition) is 5. The van der Waals surface area contributed by atoms with Crippen molar-refractivity contribution in [2.75, 3.05) is 0 Å². The first-order valence-corrected chi connectivity index (χ1v) is 7.85. The maximum atomic E-state index is 11.3. The molecule has 0 aliphatic carbocycles. The molecule has 1 aromatic carbocycles. The molecule has 24 heavy (non-hydrogen) atoms. The molecule has 1 aliphatic rings. The molecule has 2 aromatic rings. The highest BCUT2D eigenvalue weighted by molar-refractivity contribution is 5.92. The molecule has 126 valence electrons. The van der Waals surface area contributed by atoms with Gasteiger partial charge >= 0.3 is 5.63 Å². The maximum absolute atomic E-state index is 11.3. The van der Waals surface area contributed by atoms with Crippen LogP contribution in [0.3, 0.4) is 0 Å². The van der Waals surface area contributed by atoms with Gasteiger partial charge in [0.25, 0.3) is 0 Å². The quantitative estimate of drug-likeness (QED) is 0.489. The average molecular weight is 328 g/mol. The summed E-state index contributed by atoms with van der Waals surface area (Å²) in [6.07, 6.45) is 1.97. The molecular weight excluding hydrogens is 308 g/mol. The summed E-state index contributed by atoms with van der Waals surface area (Å²) in [5.74, 6) is 0.675. The molecule has 1 aliphatic heterocycles. The lowest BCUT2D eigenvalue weighted by Crippen LogP contribution is -2.41. The Morgan fingerprint density at radius 1 is 1.29 bits per heavy atom. The van der Waals surface area contributed by atoms with Crippen molar-refractivity contribution in [2.24, 2.45) is 0 Å². The Balaban J connectivity index is 1.85. The predicted octanol–water partition coefficient (Wildman–Crippen LogP) is 3.38. The van der Waals surface area contributed by atoms with E-state index in [9.17, 15) is 9.59 Å². The number of hydrogen-bond donors (Lipinski definition) is 0. The molecule has 0 saturated heterocycles. The van der Waals surface area contributed by atoms with Crippen LogP contribution in [0.5, 0.6) is 5.75 Å². The smallest absolute Gasteiger partial charge is 0.336 e. The van der Waals surface area contributed by atoms with Crippen molar-refractivity contribution in [1.82, 2.24) is 0 Å². The second kappa shape index (κ2) is 5.82. The largest absolute Gasteiger partial charge is 0.491 e. The van der Waals surface area contributed by atoms with E-state index in [1.807, 2.05) is 19.9 Å². The second-order valence-electron chi connectivity index (χ2n) is 6.64. The number of carbonyl (C=O) groups excluding carboxylic acids is 1. The van der Waals surface area contributed by atoms with E-state index in [-0.39, 0.29) is 17.5 Å². The van der Waals surface area contributed by atoms with Gasteiger partial charge in [0.05, 0.1) is 6.26 Å². The minimum Gasteiger partial charge on any atom is -0.491 e. The van der Waals surface area contributed by atoms with Gasteiger partial charge < -0.3 is 13.9 Å². The second-order valence-corrected chi connectivity index (χ2v) is 6.64. The molecule has 1 unspecified atom stereocenters. The molecule has 0 amide bonds. The van der Waals surface area contributed by atoms with Gasteiger partial charge in [0.2, 0.25) is 0 Å². The van der Waals surface area contributed by atoms with Gasteiger partial charge in [0, 0.05) is 29.5 Å². The summed E-state index contributed by atoms with van der Waals surface area (Å²) in [6.45, 7) is 7.07. The highest BCUT2D eigenvalue weighted by atomic mass is 16.6. The van der Waals surface area contributed by atoms with Crippen molar-refractivity contribution < 1.29 is 18.7 Å². The molecule has 0 fully saturated rings. The van der Waals surface area contributed by atoms with E-state index in [4.69, 9.17) is 13.9 Å². The Bertz CT molecular complexity index is 888. The lowest BCUT2D eigenvalue weighted by atomic mass is 9.96. The van der Waals surface area contributed by atoms with Gasteiger partial charge in [-0.05, 0) is 45.4 Å². The molecule has 3 rings (SSSR count). The van der Waals surface area contributed by atoms with E-state index in [1.165, 1.54) is 19.3 Å². The molecular formula is C19H20O5. The van der Waals surface area contributed by atoms with Crippen LogP contribution in [-0.2, 0) is 16.0 Å². The molecule has 0 N–H and O–H groups in total. The van der Waals surface area contributed by atoms with E-state index in [1.54, 1.807) is 19.1 Å². The number of ketones is 1. The molecule has 0 saturated carbocycles. The third kappa shape index (κ3) is 3.07. The van der Waals surface area contributed by atoms with E-state index in [0.717, 1.165) is 10.9 Å². The van der Waals surface area contributed by atoms with E-state index < -0.39 is 5.60 Å². The molecule has 5 nitrogen and oxygen atoms in total. The maximum Gasteiger partial charge on any atom is 0.336 e. The fraction of sp³-hybridized carbons (Fsp3) is 0.368. The van der Waals surface area contributed by atoms with Gasteiger partial charge in [0.15, 0.2) is 5.78 Å². The van der Waals surface area contributed by atoms with Crippen LogP contribution >= 0.6 is 0 Å². The molecule has 2 heterocycles. The van der Waals surface area contributed by atoms with Crippen LogP contribution in [0.25, 0.3) is 11.0 Å². The van der Waals surface area contributed by atoms with Gasteiger partial charge in [-0.25, -0.2) is 4.79 Å². The first kappa shape index (κ1) is 16.3. The Morgan fingerprint density at radius 3 is 2.75 bits per heavy atom. The fourth-order valence-corrected chi connectivity index (χ4v) is 2.59. The van der Waals surface area contributed by atoms with Crippen molar-refractivity contribution in [2.45, 2.75) is 45.8 Å². The number of Topliss-reactive ketones (excluding diaryl/α,β-unsaturated/α-hetero) is 1. The Hall–Kier alpha value is -2.56. The van der Waals surface area contributed by atoms with E-state index in [0.29, 0.717) is 23.3 Å². The number of rotatable bonds is 4. The lowest BCUT2D eigenvalue weighted by Gasteiger charge is -2.30. The number of fused-ring (bicyclic) bond motifs is 2. The molecule has 0 spiro atoms. The summed E-state index contributed by atoms with van der Waals surface area (Å²) in [7, 11) is 0. The van der Waals surface area contributed by atoms with Crippen LogP contribution in [0.2, 0.25) is 0 Å². The first-order valence-electron chi connectivity index (χ1n) is 7.85. The zero-order chi connectivity index (χ0) is 17.5. The van der Waals surface area contributed by atoms with Gasteiger partial charge in [-0.2, -0.15) is 0 Å². The molecule has 5 heteroatoms.